The third-order valence-corrected chi connectivity index (χ3v) is 3.64. The number of benzene rings is 2. The van der Waals surface area contributed by atoms with Crippen molar-refractivity contribution in [3.05, 3.63) is 59.2 Å². The maximum absolute atomic E-state index is 13.0. The fraction of sp³-hybridized carbons (Fsp3) is 0.263. The van der Waals surface area contributed by atoms with Crippen LogP contribution in [-0.4, -0.2) is 11.9 Å². The molecule has 0 aromatic heterocycles. The molecule has 0 radical (unpaired) electrons. The minimum atomic E-state index is -1.68. The van der Waals surface area contributed by atoms with Gasteiger partial charge in [0.15, 0.2) is 34.9 Å². The van der Waals surface area contributed by atoms with Gasteiger partial charge < -0.3 is 9.47 Å². The molecule has 29 heavy (non-hydrogen) atoms. The van der Waals surface area contributed by atoms with E-state index in [0.29, 0.717) is 30.7 Å². The van der Waals surface area contributed by atoms with E-state index in [2.05, 4.69) is 0 Å². The molecule has 2 aromatic rings. The highest BCUT2D eigenvalue weighted by molar-refractivity contribution is 5.73. The first-order valence-corrected chi connectivity index (χ1v) is 8.38. The van der Waals surface area contributed by atoms with Gasteiger partial charge in [0, 0.05) is 37.1 Å². The van der Waals surface area contributed by atoms with Crippen molar-refractivity contribution >= 4 is 11.9 Å². The molecule has 0 atom stereocenters. The lowest BCUT2D eigenvalue weighted by Crippen LogP contribution is -2.10. The lowest BCUT2D eigenvalue weighted by molar-refractivity contribution is -0.134. The van der Waals surface area contributed by atoms with Crippen LogP contribution in [0.3, 0.4) is 0 Å². The second kappa shape index (κ2) is 9.94. The molecule has 0 heterocycles. The standard InChI is InChI=1S/C19H14F6O4/c20-12-6-10(7-13(21)18(12)24)28-16(26)4-2-1-3-5-17(27)29-11-8-14(22)19(25)15(23)9-11/h6-9H,1-5H2. The van der Waals surface area contributed by atoms with E-state index in [1.54, 1.807) is 0 Å². The van der Waals surface area contributed by atoms with Gasteiger partial charge in [-0.15, -0.1) is 0 Å². The molecule has 10 heteroatoms. The van der Waals surface area contributed by atoms with Crippen molar-refractivity contribution in [2.24, 2.45) is 0 Å². The van der Waals surface area contributed by atoms with Crippen LogP contribution in [0.25, 0.3) is 0 Å². The number of carbonyl (C=O) groups excluding carboxylic acids is 2. The number of unbranched alkanes of at least 4 members (excludes halogenated alkanes) is 2. The van der Waals surface area contributed by atoms with E-state index >= 15 is 0 Å². The van der Waals surface area contributed by atoms with Gasteiger partial charge in [-0.05, 0) is 12.8 Å². The zero-order valence-corrected chi connectivity index (χ0v) is 14.7. The molecule has 2 aromatic carbocycles. The van der Waals surface area contributed by atoms with Gasteiger partial charge in [0.25, 0.3) is 0 Å². The van der Waals surface area contributed by atoms with E-state index in [0.717, 1.165) is 0 Å². The molecule has 0 unspecified atom stereocenters. The largest absolute Gasteiger partial charge is 0.426 e. The Morgan fingerprint density at radius 3 is 1.21 bits per heavy atom. The lowest BCUT2D eigenvalue weighted by Gasteiger charge is -2.06. The Morgan fingerprint density at radius 1 is 0.586 bits per heavy atom. The Kier molecular flexibility index (Phi) is 7.63. The van der Waals surface area contributed by atoms with Crippen molar-refractivity contribution in [2.75, 3.05) is 0 Å². The van der Waals surface area contributed by atoms with Crippen LogP contribution in [-0.2, 0) is 9.59 Å². The first-order valence-electron chi connectivity index (χ1n) is 8.38. The van der Waals surface area contributed by atoms with Gasteiger partial charge in [0.1, 0.15) is 11.5 Å². The fourth-order valence-electron chi connectivity index (χ4n) is 2.26. The molecule has 0 bridgehead atoms. The van der Waals surface area contributed by atoms with Crippen LogP contribution >= 0.6 is 0 Å². The summed E-state index contributed by atoms with van der Waals surface area (Å²) in [7, 11) is 0. The van der Waals surface area contributed by atoms with Crippen LogP contribution in [0.1, 0.15) is 32.1 Å². The summed E-state index contributed by atoms with van der Waals surface area (Å²) in [6.45, 7) is 0. The van der Waals surface area contributed by atoms with Gasteiger partial charge in [0.05, 0.1) is 0 Å². The normalized spacial score (nSPS) is 10.7. The number of carbonyl (C=O) groups is 2. The number of hydrogen-bond acceptors (Lipinski definition) is 4. The summed E-state index contributed by atoms with van der Waals surface area (Å²) in [5.74, 6) is -11.9. The maximum Gasteiger partial charge on any atom is 0.311 e. The molecule has 0 aliphatic rings. The summed E-state index contributed by atoms with van der Waals surface area (Å²) >= 11 is 0. The monoisotopic (exact) mass is 420 g/mol. The zero-order valence-electron chi connectivity index (χ0n) is 14.7. The summed E-state index contributed by atoms with van der Waals surface area (Å²) in [4.78, 5) is 23.2. The molecule has 0 aliphatic heterocycles. The quantitative estimate of drug-likeness (QED) is 0.199. The van der Waals surface area contributed by atoms with Crippen molar-refractivity contribution in [1.82, 2.24) is 0 Å². The van der Waals surface area contributed by atoms with Crippen LogP contribution in [0.5, 0.6) is 11.5 Å². The van der Waals surface area contributed by atoms with E-state index in [4.69, 9.17) is 9.47 Å². The number of esters is 2. The Bertz CT molecular complexity index is 796. The van der Waals surface area contributed by atoms with Crippen molar-refractivity contribution in [1.29, 1.82) is 0 Å². The molecule has 0 saturated heterocycles. The molecule has 0 aliphatic carbocycles. The molecule has 0 spiro atoms. The van der Waals surface area contributed by atoms with Crippen molar-refractivity contribution < 1.29 is 45.4 Å². The summed E-state index contributed by atoms with van der Waals surface area (Å²) in [6, 6.07) is 2.14. The molecule has 4 nitrogen and oxygen atoms in total. The molecule has 0 N–H and O–H groups in total. The van der Waals surface area contributed by atoms with Crippen LogP contribution in [0.4, 0.5) is 26.3 Å². The number of halogens is 6. The van der Waals surface area contributed by atoms with Crippen molar-refractivity contribution in [3.8, 4) is 11.5 Å². The van der Waals surface area contributed by atoms with E-state index < -0.39 is 58.3 Å². The van der Waals surface area contributed by atoms with Crippen LogP contribution in [0.2, 0.25) is 0 Å². The molecular formula is C19H14F6O4. The highest BCUT2D eigenvalue weighted by Gasteiger charge is 2.15. The Balaban J connectivity index is 1.69. The molecule has 0 amide bonds. The highest BCUT2D eigenvalue weighted by Crippen LogP contribution is 2.21. The highest BCUT2D eigenvalue weighted by atomic mass is 19.2. The van der Waals surface area contributed by atoms with E-state index in [9.17, 15) is 35.9 Å². The van der Waals surface area contributed by atoms with Gasteiger partial charge in [-0.2, -0.15) is 0 Å². The summed E-state index contributed by atoms with van der Waals surface area (Å²) < 4.78 is 87.1. The minimum Gasteiger partial charge on any atom is -0.426 e. The molecular weight excluding hydrogens is 406 g/mol. The summed E-state index contributed by atoms with van der Waals surface area (Å²) in [5.41, 5.74) is 0. The Hall–Kier alpha value is -3.04. The third-order valence-electron chi connectivity index (χ3n) is 3.64. The van der Waals surface area contributed by atoms with Gasteiger partial charge >= 0.3 is 11.9 Å². The predicted octanol–water partition coefficient (Wildman–Crippen LogP) is 4.98. The summed E-state index contributed by atoms with van der Waals surface area (Å²) in [6.07, 6.45) is 0.618. The van der Waals surface area contributed by atoms with E-state index in [1.165, 1.54) is 0 Å². The van der Waals surface area contributed by atoms with Gasteiger partial charge in [-0.3, -0.25) is 9.59 Å². The second-order valence-electron chi connectivity index (χ2n) is 5.91. The first-order chi connectivity index (χ1) is 13.7. The average Bonchev–Trinajstić information content (AvgIpc) is 2.63. The van der Waals surface area contributed by atoms with E-state index in [-0.39, 0.29) is 25.7 Å². The topological polar surface area (TPSA) is 52.6 Å². The number of ether oxygens (including phenoxy) is 2. The number of hydrogen-bond donors (Lipinski definition) is 0. The smallest absolute Gasteiger partial charge is 0.311 e. The van der Waals surface area contributed by atoms with Crippen molar-refractivity contribution in [3.63, 3.8) is 0 Å². The van der Waals surface area contributed by atoms with Crippen LogP contribution in [0, 0.1) is 34.9 Å². The van der Waals surface area contributed by atoms with Crippen LogP contribution < -0.4 is 9.47 Å². The molecule has 2 rings (SSSR count). The lowest BCUT2D eigenvalue weighted by atomic mass is 10.1. The predicted molar refractivity (Wildman–Crippen MR) is 87.0 cm³/mol. The minimum absolute atomic E-state index is 0.135. The van der Waals surface area contributed by atoms with Gasteiger partial charge in [-0.25, -0.2) is 26.3 Å². The summed E-state index contributed by atoms with van der Waals surface area (Å²) in [5, 5.41) is 0. The first kappa shape index (κ1) is 22.3. The average molecular weight is 420 g/mol. The number of rotatable bonds is 8. The van der Waals surface area contributed by atoms with Crippen LogP contribution in [0.15, 0.2) is 24.3 Å². The fourth-order valence-corrected chi connectivity index (χ4v) is 2.26. The van der Waals surface area contributed by atoms with Gasteiger partial charge in [-0.1, -0.05) is 6.42 Å². The molecule has 156 valence electrons. The van der Waals surface area contributed by atoms with Gasteiger partial charge in [0.2, 0.25) is 0 Å². The second-order valence-corrected chi connectivity index (χ2v) is 5.91. The maximum atomic E-state index is 13.0. The van der Waals surface area contributed by atoms with E-state index in [1.807, 2.05) is 0 Å². The zero-order chi connectivity index (χ0) is 21.6. The SMILES string of the molecule is O=C(CCCCCC(=O)Oc1cc(F)c(F)c(F)c1)Oc1cc(F)c(F)c(F)c1. The Morgan fingerprint density at radius 2 is 0.897 bits per heavy atom. The molecule has 0 saturated carbocycles. The molecule has 0 fully saturated rings. The van der Waals surface area contributed by atoms with Crippen molar-refractivity contribution in [2.45, 2.75) is 32.1 Å². The Labute approximate surface area is 161 Å². The third kappa shape index (κ3) is 6.51.